The van der Waals surface area contributed by atoms with E-state index in [-0.39, 0.29) is 29.8 Å². The zero-order valence-corrected chi connectivity index (χ0v) is 19.7. The highest BCUT2D eigenvalue weighted by atomic mass is 16.5. The van der Waals surface area contributed by atoms with Gasteiger partial charge in [-0.05, 0) is 54.3 Å². The van der Waals surface area contributed by atoms with Gasteiger partial charge in [0, 0.05) is 17.9 Å². The fourth-order valence-corrected chi connectivity index (χ4v) is 6.47. The maximum atomic E-state index is 13.9. The molecule has 3 amide bonds. The van der Waals surface area contributed by atoms with E-state index in [1.54, 1.807) is 31.4 Å². The second-order valence-electron chi connectivity index (χ2n) is 9.89. The number of anilines is 1. The number of carbonyl (C=O) groups excluding carboxylic acids is 3. The summed E-state index contributed by atoms with van der Waals surface area (Å²) in [7, 11) is 1.59. The van der Waals surface area contributed by atoms with Crippen LogP contribution in [0.15, 0.2) is 54.7 Å². The van der Waals surface area contributed by atoms with E-state index in [0.29, 0.717) is 11.4 Å². The summed E-state index contributed by atoms with van der Waals surface area (Å²) in [6, 6.07) is 13.9. The van der Waals surface area contributed by atoms with Crippen LogP contribution in [-0.2, 0) is 14.4 Å². The Hall–Kier alpha value is -3.61. The Morgan fingerprint density at radius 3 is 2.40 bits per heavy atom. The van der Waals surface area contributed by atoms with Gasteiger partial charge in [-0.2, -0.15) is 0 Å². The van der Waals surface area contributed by atoms with E-state index in [0.717, 1.165) is 43.2 Å². The van der Waals surface area contributed by atoms with E-state index in [4.69, 9.17) is 4.74 Å². The van der Waals surface area contributed by atoms with Crippen molar-refractivity contribution >= 4 is 29.5 Å². The summed E-state index contributed by atoms with van der Waals surface area (Å²) in [5.41, 5.74) is 2.65. The molecule has 4 atom stereocenters. The topological polar surface area (TPSA) is 79.0 Å². The third-order valence-corrected chi connectivity index (χ3v) is 8.06. The Morgan fingerprint density at radius 1 is 0.943 bits per heavy atom. The molecule has 4 aliphatic rings. The first-order valence-corrected chi connectivity index (χ1v) is 12.4. The maximum Gasteiger partial charge on any atom is 0.247 e. The highest BCUT2D eigenvalue weighted by Crippen LogP contribution is 2.53. The monoisotopic (exact) mass is 471 g/mol. The van der Waals surface area contributed by atoms with Gasteiger partial charge >= 0.3 is 0 Å². The van der Waals surface area contributed by atoms with E-state index in [1.165, 1.54) is 4.90 Å². The average molecular weight is 472 g/mol. The minimum absolute atomic E-state index is 0.0533. The molecule has 0 aromatic heterocycles. The molecule has 7 nitrogen and oxygen atoms in total. The number of carbonyl (C=O) groups is 3. The second kappa shape index (κ2) is 8.56. The van der Waals surface area contributed by atoms with E-state index < -0.39 is 17.9 Å². The summed E-state index contributed by atoms with van der Waals surface area (Å²) >= 11 is 0. The first kappa shape index (κ1) is 21.9. The van der Waals surface area contributed by atoms with Crippen LogP contribution in [0.1, 0.15) is 49.3 Å². The van der Waals surface area contributed by atoms with E-state index in [2.05, 4.69) is 5.32 Å². The summed E-state index contributed by atoms with van der Waals surface area (Å²) in [6.45, 7) is 0. The standard InChI is InChI=1S/C28H29N3O4/c1-35-20-13-11-18(12-14-20)29-26(32)25-23-22(24-21-10-6-5-7-17(21)15-16-30(24)25)27(33)31(28(23)34)19-8-3-2-4-9-19/h5-7,10-16,19,22-25H,2-4,8-9H2,1H3,(H,29,32)/t22-,23-,24+,25+/m1/s1. The molecule has 0 bridgehead atoms. The van der Waals surface area contributed by atoms with Crippen molar-refractivity contribution in [1.29, 1.82) is 0 Å². The number of benzene rings is 2. The van der Waals surface area contributed by atoms with Crippen molar-refractivity contribution in [2.45, 2.75) is 50.2 Å². The lowest BCUT2D eigenvalue weighted by Crippen LogP contribution is -2.49. The molecule has 1 aliphatic carbocycles. The summed E-state index contributed by atoms with van der Waals surface area (Å²) < 4.78 is 5.21. The zero-order valence-electron chi connectivity index (χ0n) is 19.7. The Bertz CT molecular complexity index is 1200. The minimum Gasteiger partial charge on any atom is -0.497 e. The highest BCUT2D eigenvalue weighted by molar-refractivity contribution is 6.10. The van der Waals surface area contributed by atoms with Crippen LogP contribution >= 0.6 is 0 Å². The number of ether oxygens (including phenoxy) is 1. The van der Waals surface area contributed by atoms with Gasteiger partial charge in [0.2, 0.25) is 17.7 Å². The van der Waals surface area contributed by atoms with Crippen LogP contribution in [0.5, 0.6) is 5.75 Å². The van der Waals surface area contributed by atoms with Crippen molar-refractivity contribution in [3.05, 3.63) is 65.9 Å². The number of amides is 3. The summed E-state index contributed by atoms with van der Waals surface area (Å²) in [4.78, 5) is 44.9. The van der Waals surface area contributed by atoms with Gasteiger partial charge in [0.15, 0.2) is 0 Å². The number of nitrogens with zero attached hydrogens (tertiary/aromatic N) is 2. The van der Waals surface area contributed by atoms with Gasteiger partial charge in [0.05, 0.1) is 25.0 Å². The van der Waals surface area contributed by atoms with Crippen LogP contribution in [0.3, 0.4) is 0 Å². The lowest BCUT2D eigenvalue weighted by molar-refractivity contribution is -0.146. The van der Waals surface area contributed by atoms with Gasteiger partial charge < -0.3 is 15.0 Å². The molecule has 0 radical (unpaired) electrons. The van der Waals surface area contributed by atoms with Crippen molar-refractivity contribution in [3.63, 3.8) is 0 Å². The van der Waals surface area contributed by atoms with Crippen LogP contribution in [0, 0.1) is 11.8 Å². The third-order valence-electron chi connectivity index (χ3n) is 8.06. The lowest BCUT2D eigenvalue weighted by Gasteiger charge is -2.37. The Morgan fingerprint density at radius 2 is 1.66 bits per heavy atom. The van der Waals surface area contributed by atoms with Crippen LogP contribution < -0.4 is 10.1 Å². The number of nitrogens with one attached hydrogen (secondary N) is 1. The van der Waals surface area contributed by atoms with Gasteiger partial charge in [0.25, 0.3) is 0 Å². The second-order valence-corrected chi connectivity index (χ2v) is 9.89. The number of imide groups is 1. The van der Waals surface area contributed by atoms with Crippen molar-refractivity contribution in [2.24, 2.45) is 11.8 Å². The molecule has 1 N–H and O–H groups in total. The maximum absolute atomic E-state index is 13.9. The van der Waals surface area contributed by atoms with Gasteiger partial charge in [-0.25, -0.2) is 0 Å². The van der Waals surface area contributed by atoms with Gasteiger partial charge in [-0.1, -0.05) is 43.5 Å². The summed E-state index contributed by atoms with van der Waals surface area (Å²) in [5, 5.41) is 2.98. The molecule has 2 aromatic rings. The van der Waals surface area contributed by atoms with Crippen molar-refractivity contribution in [1.82, 2.24) is 9.80 Å². The number of hydrogen-bond donors (Lipinski definition) is 1. The number of likely N-dealkylation sites (tertiary alicyclic amines) is 1. The highest BCUT2D eigenvalue weighted by Gasteiger charge is 2.65. The SMILES string of the molecule is COc1ccc(NC(=O)[C@@H]2[C@@H]3C(=O)N(C4CCCCC4)C(=O)[C@H]3[C@@H]3c4ccccc4C=CN23)cc1. The fraction of sp³-hybridized carbons (Fsp3) is 0.393. The molecular formula is C28H29N3O4. The molecule has 2 aromatic carbocycles. The first-order chi connectivity index (χ1) is 17.1. The number of rotatable bonds is 4. The Kier molecular flexibility index (Phi) is 5.35. The zero-order chi connectivity index (χ0) is 24.1. The molecule has 7 heteroatoms. The molecule has 0 spiro atoms. The molecular weight excluding hydrogens is 442 g/mol. The average Bonchev–Trinajstić information content (AvgIpc) is 3.37. The van der Waals surface area contributed by atoms with Crippen LogP contribution in [0.2, 0.25) is 0 Å². The summed E-state index contributed by atoms with van der Waals surface area (Å²) in [5.74, 6) is -1.16. The molecule has 3 heterocycles. The molecule has 0 unspecified atom stereocenters. The quantitative estimate of drug-likeness (QED) is 0.683. The van der Waals surface area contributed by atoms with Crippen LogP contribution in [-0.4, -0.2) is 46.7 Å². The third kappa shape index (κ3) is 3.44. The van der Waals surface area contributed by atoms with Gasteiger partial charge in [-0.3, -0.25) is 19.3 Å². The Labute approximate surface area is 204 Å². The predicted octanol–water partition coefficient (Wildman–Crippen LogP) is 3.98. The fourth-order valence-electron chi connectivity index (χ4n) is 6.47. The number of methoxy groups -OCH3 is 1. The predicted molar refractivity (Wildman–Crippen MR) is 131 cm³/mol. The molecule has 180 valence electrons. The van der Waals surface area contributed by atoms with Gasteiger partial charge in [-0.15, -0.1) is 0 Å². The normalized spacial score (nSPS) is 27.5. The van der Waals surface area contributed by atoms with Crippen molar-refractivity contribution in [2.75, 3.05) is 12.4 Å². The molecule has 2 saturated heterocycles. The smallest absolute Gasteiger partial charge is 0.247 e. The van der Waals surface area contributed by atoms with Crippen LogP contribution in [0.4, 0.5) is 5.69 Å². The molecule has 1 saturated carbocycles. The number of hydrogen-bond acceptors (Lipinski definition) is 5. The largest absolute Gasteiger partial charge is 0.497 e. The molecule has 3 fully saturated rings. The molecule has 35 heavy (non-hydrogen) atoms. The minimum atomic E-state index is -0.762. The van der Waals surface area contributed by atoms with Crippen LogP contribution in [0.25, 0.3) is 6.08 Å². The first-order valence-electron chi connectivity index (χ1n) is 12.4. The molecule has 6 rings (SSSR count). The number of fused-ring (bicyclic) bond motifs is 5. The van der Waals surface area contributed by atoms with Gasteiger partial charge in [0.1, 0.15) is 11.8 Å². The van der Waals surface area contributed by atoms with Crippen molar-refractivity contribution in [3.8, 4) is 5.75 Å². The van der Waals surface area contributed by atoms with E-state index in [9.17, 15) is 14.4 Å². The molecule has 3 aliphatic heterocycles. The van der Waals surface area contributed by atoms with E-state index >= 15 is 0 Å². The van der Waals surface area contributed by atoms with Crippen molar-refractivity contribution < 1.29 is 19.1 Å². The Balaban J connectivity index is 1.38. The lowest BCUT2D eigenvalue weighted by atomic mass is 9.84. The van der Waals surface area contributed by atoms with E-state index in [1.807, 2.05) is 41.4 Å². The summed E-state index contributed by atoms with van der Waals surface area (Å²) in [6.07, 6.45) is 8.75.